The number of rotatable bonds is 3. The Morgan fingerprint density at radius 1 is 1.56 bits per heavy atom. The first kappa shape index (κ1) is 12.9. The molecule has 0 bridgehead atoms. The highest BCUT2D eigenvalue weighted by molar-refractivity contribution is 6.01. The summed E-state index contributed by atoms with van der Waals surface area (Å²) in [5, 5.41) is 11.3. The molecule has 0 aromatic carbocycles. The van der Waals surface area contributed by atoms with Crippen LogP contribution >= 0.6 is 0 Å². The Balaban J connectivity index is 2.29. The largest absolute Gasteiger partial charge is 0.481 e. The third-order valence-electron chi connectivity index (χ3n) is 3.95. The van der Waals surface area contributed by atoms with E-state index in [4.69, 9.17) is 5.11 Å². The minimum absolute atomic E-state index is 0.208. The number of amides is 2. The van der Waals surface area contributed by atoms with Gasteiger partial charge in [-0.05, 0) is 18.8 Å². The van der Waals surface area contributed by atoms with Crippen LogP contribution in [-0.2, 0) is 14.4 Å². The van der Waals surface area contributed by atoms with E-state index in [1.165, 1.54) is 0 Å². The number of nitrogens with one attached hydrogen (secondary N) is 1. The van der Waals surface area contributed by atoms with Crippen LogP contribution in [0.5, 0.6) is 0 Å². The molecule has 0 radical (unpaired) electrons. The van der Waals surface area contributed by atoms with E-state index >= 15 is 0 Å². The SMILES string of the molecule is CCC12CC(C)CN1C(=O)C(CC(=O)O)NC2=O. The number of carboxylic acids is 1. The van der Waals surface area contributed by atoms with Crippen molar-refractivity contribution in [3.63, 3.8) is 0 Å². The van der Waals surface area contributed by atoms with Crippen molar-refractivity contribution in [3.05, 3.63) is 0 Å². The Bertz CT molecular complexity index is 409. The van der Waals surface area contributed by atoms with E-state index in [-0.39, 0.29) is 24.2 Å². The van der Waals surface area contributed by atoms with Crippen LogP contribution in [0.15, 0.2) is 0 Å². The minimum Gasteiger partial charge on any atom is -0.481 e. The molecule has 6 heteroatoms. The average molecular weight is 254 g/mol. The number of nitrogens with zero attached hydrogens (tertiary/aromatic N) is 1. The summed E-state index contributed by atoms with van der Waals surface area (Å²) < 4.78 is 0. The third kappa shape index (κ3) is 1.76. The summed E-state index contributed by atoms with van der Waals surface area (Å²) in [5.41, 5.74) is -0.758. The lowest BCUT2D eigenvalue weighted by Crippen LogP contribution is -2.68. The second-order valence-corrected chi connectivity index (χ2v) is 5.27. The molecular formula is C12H18N2O4. The molecule has 3 unspecified atom stereocenters. The molecule has 18 heavy (non-hydrogen) atoms. The minimum atomic E-state index is -1.08. The standard InChI is InChI=1S/C12H18N2O4/c1-3-12-5-7(2)6-14(12)10(17)8(4-9(15)16)13-11(12)18/h7-8H,3-6H2,1-2H3,(H,13,18)(H,15,16). The number of hydrogen-bond donors (Lipinski definition) is 2. The van der Waals surface area contributed by atoms with Gasteiger partial charge in [0.15, 0.2) is 0 Å². The van der Waals surface area contributed by atoms with Crippen molar-refractivity contribution in [2.75, 3.05) is 6.54 Å². The van der Waals surface area contributed by atoms with Crippen molar-refractivity contribution in [2.45, 2.75) is 44.7 Å². The molecule has 2 fully saturated rings. The summed E-state index contributed by atoms with van der Waals surface area (Å²) in [5.74, 6) is -1.28. The number of hydrogen-bond acceptors (Lipinski definition) is 3. The molecule has 0 aromatic heterocycles. The van der Waals surface area contributed by atoms with Crippen LogP contribution in [-0.4, -0.2) is 45.9 Å². The van der Waals surface area contributed by atoms with Crippen LogP contribution in [0.3, 0.4) is 0 Å². The molecule has 3 atom stereocenters. The molecule has 0 aliphatic carbocycles. The highest BCUT2D eigenvalue weighted by atomic mass is 16.4. The molecule has 2 aliphatic rings. The lowest BCUT2D eigenvalue weighted by atomic mass is 9.86. The van der Waals surface area contributed by atoms with Gasteiger partial charge in [-0.3, -0.25) is 14.4 Å². The summed E-state index contributed by atoms with van der Waals surface area (Å²) in [6.07, 6.45) is 0.866. The highest BCUT2D eigenvalue weighted by Crippen LogP contribution is 2.38. The second-order valence-electron chi connectivity index (χ2n) is 5.27. The van der Waals surface area contributed by atoms with Gasteiger partial charge in [-0.25, -0.2) is 0 Å². The lowest BCUT2D eigenvalue weighted by molar-refractivity contribution is -0.156. The van der Waals surface area contributed by atoms with Crippen LogP contribution in [0, 0.1) is 5.92 Å². The van der Waals surface area contributed by atoms with Gasteiger partial charge in [0.2, 0.25) is 11.8 Å². The van der Waals surface area contributed by atoms with Crippen LogP contribution in [0.25, 0.3) is 0 Å². The van der Waals surface area contributed by atoms with E-state index in [0.717, 1.165) is 0 Å². The second kappa shape index (κ2) is 4.26. The molecule has 2 aliphatic heterocycles. The van der Waals surface area contributed by atoms with E-state index in [2.05, 4.69) is 5.32 Å². The Morgan fingerprint density at radius 3 is 2.78 bits per heavy atom. The Kier molecular flexibility index (Phi) is 3.04. The van der Waals surface area contributed by atoms with Crippen molar-refractivity contribution in [3.8, 4) is 0 Å². The Morgan fingerprint density at radius 2 is 2.22 bits per heavy atom. The molecule has 0 saturated carbocycles. The number of piperazine rings is 1. The zero-order chi connectivity index (χ0) is 13.5. The molecule has 2 rings (SSSR count). The molecule has 2 amide bonds. The van der Waals surface area contributed by atoms with Crippen LogP contribution in [0.2, 0.25) is 0 Å². The summed E-state index contributed by atoms with van der Waals surface area (Å²) in [6.45, 7) is 4.42. The maximum absolute atomic E-state index is 12.2. The predicted octanol–water partition coefficient (Wildman–Crippen LogP) is -0.0233. The van der Waals surface area contributed by atoms with Crippen molar-refractivity contribution < 1.29 is 19.5 Å². The van der Waals surface area contributed by atoms with Crippen LogP contribution in [0.4, 0.5) is 0 Å². The van der Waals surface area contributed by atoms with Gasteiger partial charge in [-0.1, -0.05) is 13.8 Å². The van der Waals surface area contributed by atoms with Gasteiger partial charge < -0.3 is 15.3 Å². The molecule has 2 saturated heterocycles. The fourth-order valence-electron chi connectivity index (χ4n) is 3.10. The first-order chi connectivity index (χ1) is 8.40. The molecule has 2 heterocycles. The molecule has 0 spiro atoms. The van der Waals surface area contributed by atoms with Gasteiger partial charge in [0.05, 0.1) is 6.42 Å². The van der Waals surface area contributed by atoms with Crippen molar-refractivity contribution in [1.29, 1.82) is 0 Å². The Labute approximate surface area is 105 Å². The van der Waals surface area contributed by atoms with Crippen molar-refractivity contribution in [1.82, 2.24) is 10.2 Å². The van der Waals surface area contributed by atoms with E-state index in [9.17, 15) is 14.4 Å². The van der Waals surface area contributed by atoms with Crippen LogP contribution < -0.4 is 5.32 Å². The number of carbonyl (C=O) groups excluding carboxylic acids is 2. The molecule has 2 N–H and O–H groups in total. The van der Waals surface area contributed by atoms with E-state index in [1.54, 1.807) is 4.90 Å². The van der Waals surface area contributed by atoms with E-state index in [0.29, 0.717) is 19.4 Å². The average Bonchev–Trinajstić information content (AvgIpc) is 2.64. The zero-order valence-corrected chi connectivity index (χ0v) is 10.6. The van der Waals surface area contributed by atoms with Crippen molar-refractivity contribution in [2.24, 2.45) is 5.92 Å². The smallest absolute Gasteiger partial charge is 0.305 e. The molecule has 0 aromatic rings. The van der Waals surface area contributed by atoms with Gasteiger partial charge in [0.25, 0.3) is 0 Å². The highest BCUT2D eigenvalue weighted by Gasteiger charge is 2.55. The fraction of sp³-hybridized carbons (Fsp3) is 0.750. The monoisotopic (exact) mass is 254 g/mol. The summed E-state index contributed by atoms with van der Waals surface area (Å²) in [4.78, 5) is 36.8. The zero-order valence-electron chi connectivity index (χ0n) is 10.6. The summed E-state index contributed by atoms with van der Waals surface area (Å²) in [7, 11) is 0. The van der Waals surface area contributed by atoms with Gasteiger partial charge in [-0.15, -0.1) is 0 Å². The van der Waals surface area contributed by atoms with Gasteiger partial charge in [0.1, 0.15) is 11.6 Å². The lowest BCUT2D eigenvalue weighted by Gasteiger charge is -2.43. The number of carbonyl (C=O) groups is 3. The topological polar surface area (TPSA) is 86.7 Å². The molecule has 100 valence electrons. The third-order valence-corrected chi connectivity index (χ3v) is 3.95. The fourth-order valence-corrected chi connectivity index (χ4v) is 3.10. The van der Waals surface area contributed by atoms with Gasteiger partial charge in [0, 0.05) is 6.54 Å². The van der Waals surface area contributed by atoms with Crippen molar-refractivity contribution >= 4 is 17.8 Å². The summed E-state index contributed by atoms with van der Waals surface area (Å²) in [6, 6.07) is -0.917. The predicted molar refractivity (Wildman–Crippen MR) is 62.7 cm³/mol. The first-order valence-electron chi connectivity index (χ1n) is 6.25. The maximum atomic E-state index is 12.2. The number of fused-ring (bicyclic) bond motifs is 1. The number of aliphatic carboxylic acids is 1. The maximum Gasteiger partial charge on any atom is 0.305 e. The van der Waals surface area contributed by atoms with Gasteiger partial charge >= 0.3 is 5.97 Å². The quantitative estimate of drug-likeness (QED) is 0.741. The number of carboxylic acid groups (broad SMARTS) is 1. The summed E-state index contributed by atoms with van der Waals surface area (Å²) >= 11 is 0. The van der Waals surface area contributed by atoms with E-state index < -0.39 is 17.6 Å². The Hall–Kier alpha value is -1.59. The molecule has 6 nitrogen and oxygen atoms in total. The van der Waals surface area contributed by atoms with Gasteiger partial charge in [-0.2, -0.15) is 0 Å². The van der Waals surface area contributed by atoms with Crippen LogP contribution in [0.1, 0.15) is 33.1 Å². The molecular weight excluding hydrogens is 236 g/mol. The normalized spacial score (nSPS) is 35.3. The van der Waals surface area contributed by atoms with E-state index in [1.807, 2.05) is 13.8 Å². The first-order valence-corrected chi connectivity index (χ1v) is 6.25.